The van der Waals surface area contributed by atoms with E-state index < -0.39 is 45.8 Å². The van der Waals surface area contributed by atoms with E-state index in [4.69, 9.17) is 4.74 Å². The van der Waals surface area contributed by atoms with Crippen LogP contribution in [0.4, 0.5) is 53.9 Å². The number of nitro benzene ring substituents is 1. The van der Waals surface area contributed by atoms with Gasteiger partial charge in [0.2, 0.25) is 0 Å². The van der Waals surface area contributed by atoms with Crippen molar-refractivity contribution in [2.24, 2.45) is 0 Å². The van der Waals surface area contributed by atoms with Crippen LogP contribution >= 0.6 is 0 Å². The molecule has 1 saturated heterocycles. The molecule has 14 heteroatoms. The maximum atomic E-state index is 13.6. The number of anilines is 3. The smallest absolute Gasteiger partial charge is 0.378 e. The molecule has 0 spiro atoms. The van der Waals surface area contributed by atoms with E-state index in [1.807, 2.05) is 5.32 Å². The molecule has 1 aliphatic rings. The highest BCUT2D eigenvalue weighted by Crippen LogP contribution is 2.39. The van der Waals surface area contributed by atoms with E-state index in [9.17, 15) is 41.3 Å². The lowest BCUT2D eigenvalue weighted by Gasteiger charge is -2.31. The molecule has 0 atom stereocenters. The minimum atomic E-state index is -5.06. The number of nitrogens with one attached hydrogen (secondary N) is 2. The summed E-state index contributed by atoms with van der Waals surface area (Å²) < 4.78 is 85.1. The zero-order chi connectivity index (χ0) is 24.4. The van der Waals surface area contributed by atoms with Crippen LogP contribution in [0.3, 0.4) is 0 Å². The van der Waals surface area contributed by atoms with E-state index in [1.54, 1.807) is 0 Å². The lowest BCUT2D eigenvalue weighted by Crippen LogP contribution is -2.37. The Bertz CT molecular complexity index is 1050. The summed E-state index contributed by atoms with van der Waals surface area (Å²) in [6.07, 6.45) is -9.80. The van der Waals surface area contributed by atoms with Crippen LogP contribution in [0.1, 0.15) is 11.1 Å². The summed E-state index contributed by atoms with van der Waals surface area (Å²) in [7, 11) is 0. The van der Waals surface area contributed by atoms with Gasteiger partial charge in [0.05, 0.1) is 23.7 Å². The number of alkyl halides is 6. The van der Waals surface area contributed by atoms with Gasteiger partial charge in [-0.15, -0.1) is 0 Å². The fraction of sp³-hybridized carbons (Fsp3) is 0.316. The van der Waals surface area contributed by atoms with Gasteiger partial charge < -0.3 is 20.3 Å². The topological polar surface area (TPSA) is 96.7 Å². The molecule has 0 bridgehead atoms. The van der Waals surface area contributed by atoms with Gasteiger partial charge in [-0.25, -0.2) is 4.79 Å². The van der Waals surface area contributed by atoms with Gasteiger partial charge in [-0.3, -0.25) is 10.1 Å². The van der Waals surface area contributed by atoms with Crippen molar-refractivity contribution in [3.05, 3.63) is 57.6 Å². The van der Waals surface area contributed by atoms with Crippen LogP contribution in [0.5, 0.6) is 0 Å². The summed E-state index contributed by atoms with van der Waals surface area (Å²) in [6, 6.07) is 3.77. The summed E-state index contributed by atoms with van der Waals surface area (Å²) in [5, 5.41) is 14.9. The van der Waals surface area contributed by atoms with Gasteiger partial charge in [0.25, 0.3) is 5.69 Å². The lowest BCUT2D eigenvalue weighted by atomic mass is 10.1. The van der Waals surface area contributed by atoms with Gasteiger partial charge in [0.1, 0.15) is 5.56 Å². The Morgan fingerprint density at radius 2 is 1.42 bits per heavy atom. The maximum Gasteiger partial charge on any atom is 0.423 e. The molecule has 33 heavy (non-hydrogen) atoms. The number of ether oxygens (including phenoxy) is 1. The van der Waals surface area contributed by atoms with Crippen molar-refractivity contribution in [1.29, 1.82) is 0 Å². The number of halogens is 6. The highest BCUT2D eigenvalue weighted by molar-refractivity contribution is 6.00. The van der Waals surface area contributed by atoms with Crippen LogP contribution in [0.2, 0.25) is 0 Å². The number of carbonyl (C=O) groups is 1. The highest BCUT2D eigenvalue weighted by atomic mass is 19.4. The molecule has 8 nitrogen and oxygen atoms in total. The van der Waals surface area contributed by atoms with Crippen LogP contribution < -0.4 is 15.5 Å². The van der Waals surface area contributed by atoms with Crippen molar-refractivity contribution in [2.75, 3.05) is 41.8 Å². The number of rotatable bonds is 4. The quantitative estimate of drug-likeness (QED) is 0.362. The number of hydrogen-bond donors (Lipinski definition) is 2. The van der Waals surface area contributed by atoms with Gasteiger partial charge >= 0.3 is 18.4 Å². The average Bonchev–Trinajstić information content (AvgIpc) is 2.73. The number of hydrogen-bond acceptors (Lipinski definition) is 5. The van der Waals surface area contributed by atoms with Crippen molar-refractivity contribution in [2.45, 2.75) is 12.4 Å². The highest BCUT2D eigenvalue weighted by Gasteiger charge is 2.39. The number of amides is 2. The molecule has 1 fully saturated rings. The second-order valence-corrected chi connectivity index (χ2v) is 6.90. The van der Waals surface area contributed by atoms with E-state index in [0.717, 1.165) is 6.07 Å². The normalized spacial score (nSPS) is 14.7. The van der Waals surface area contributed by atoms with Crippen LogP contribution in [-0.4, -0.2) is 37.3 Å². The van der Waals surface area contributed by atoms with Crippen molar-refractivity contribution >= 4 is 28.8 Å². The molecule has 2 amide bonds. The number of urea groups is 1. The van der Waals surface area contributed by atoms with Gasteiger partial charge in [0.15, 0.2) is 0 Å². The Kier molecular flexibility index (Phi) is 6.67. The monoisotopic (exact) mass is 478 g/mol. The maximum absolute atomic E-state index is 13.6. The van der Waals surface area contributed by atoms with Crippen molar-refractivity contribution in [3.63, 3.8) is 0 Å². The summed E-state index contributed by atoms with van der Waals surface area (Å²) in [4.78, 5) is 23.2. The Morgan fingerprint density at radius 3 is 1.94 bits per heavy atom. The third-order valence-electron chi connectivity index (χ3n) is 4.67. The molecule has 2 N–H and O–H groups in total. The SMILES string of the molecule is O=C(Nc1ccc(N2CCOCC2)c(C(F)(F)F)c1)Nc1ccc([N+](=O)[O-])c(C(F)(F)F)c1. The summed E-state index contributed by atoms with van der Waals surface area (Å²) in [6.45, 7) is 1.01. The Balaban J connectivity index is 1.81. The van der Waals surface area contributed by atoms with E-state index in [1.165, 1.54) is 17.0 Å². The summed E-state index contributed by atoms with van der Waals surface area (Å²) in [5.41, 5.74) is -4.58. The molecule has 0 radical (unpaired) electrons. The minimum Gasteiger partial charge on any atom is -0.378 e. The summed E-state index contributed by atoms with van der Waals surface area (Å²) >= 11 is 0. The number of carbonyl (C=O) groups excluding carboxylic acids is 1. The number of nitro groups is 1. The Labute approximate surface area is 182 Å². The van der Waals surface area contributed by atoms with Crippen LogP contribution in [0.25, 0.3) is 0 Å². The standard InChI is InChI=1S/C19H16F6N4O4/c20-18(21,22)13-9-11(1-3-15(13)28-5-7-33-8-6-28)26-17(30)27-12-2-4-16(29(31)32)14(10-12)19(23,24)25/h1-4,9-10H,5-8H2,(H2,26,27,30). The second kappa shape index (κ2) is 9.13. The second-order valence-electron chi connectivity index (χ2n) is 6.90. The minimum absolute atomic E-state index is 0.0954. The molecule has 0 aromatic heterocycles. The van der Waals surface area contributed by atoms with Crippen molar-refractivity contribution in [1.82, 2.24) is 0 Å². The predicted molar refractivity (Wildman–Crippen MR) is 105 cm³/mol. The summed E-state index contributed by atoms with van der Waals surface area (Å²) in [5.74, 6) is 0. The van der Waals surface area contributed by atoms with Crippen LogP contribution in [0.15, 0.2) is 36.4 Å². The van der Waals surface area contributed by atoms with Crippen molar-refractivity contribution in [3.8, 4) is 0 Å². The first-order valence-corrected chi connectivity index (χ1v) is 9.34. The third-order valence-corrected chi connectivity index (χ3v) is 4.67. The van der Waals surface area contributed by atoms with Gasteiger partial charge in [-0.1, -0.05) is 0 Å². The molecular weight excluding hydrogens is 462 g/mol. The van der Waals surface area contributed by atoms with Gasteiger partial charge in [-0.2, -0.15) is 26.3 Å². The number of benzene rings is 2. The Morgan fingerprint density at radius 1 is 0.909 bits per heavy atom. The van der Waals surface area contributed by atoms with Crippen LogP contribution in [-0.2, 0) is 17.1 Å². The number of nitrogens with zero attached hydrogens (tertiary/aromatic N) is 2. The van der Waals surface area contributed by atoms with Gasteiger partial charge in [0, 0.05) is 36.2 Å². The molecule has 0 aliphatic carbocycles. The predicted octanol–water partition coefficient (Wildman–Crippen LogP) is 5.11. The first-order valence-electron chi connectivity index (χ1n) is 9.34. The molecule has 3 rings (SSSR count). The molecule has 178 valence electrons. The molecule has 1 heterocycles. The zero-order valence-electron chi connectivity index (χ0n) is 16.6. The fourth-order valence-electron chi connectivity index (χ4n) is 3.21. The lowest BCUT2D eigenvalue weighted by molar-refractivity contribution is -0.388. The molecule has 2 aromatic carbocycles. The zero-order valence-corrected chi connectivity index (χ0v) is 16.6. The van der Waals surface area contributed by atoms with Crippen LogP contribution in [0, 0.1) is 10.1 Å². The third kappa shape index (κ3) is 5.83. The number of morpholine rings is 1. The van der Waals surface area contributed by atoms with E-state index >= 15 is 0 Å². The Hall–Kier alpha value is -3.55. The van der Waals surface area contributed by atoms with Gasteiger partial charge in [-0.05, 0) is 30.3 Å². The molecule has 2 aromatic rings. The van der Waals surface area contributed by atoms with E-state index in [2.05, 4.69) is 5.32 Å². The molecule has 0 saturated carbocycles. The largest absolute Gasteiger partial charge is 0.423 e. The molecular formula is C19H16F6N4O4. The average molecular weight is 478 g/mol. The first-order chi connectivity index (χ1) is 15.4. The molecule has 0 unspecified atom stereocenters. The first kappa shape index (κ1) is 24.1. The fourth-order valence-corrected chi connectivity index (χ4v) is 3.21. The van der Waals surface area contributed by atoms with Crippen molar-refractivity contribution < 1.29 is 40.8 Å². The molecule has 1 aliphatic heterocycles. The van der Waals surface area contributed by atoms with E-state index in [0.29, 0.717) is 18.2 Å². The van der Waals surface area contributed by atoms with E-state index in [-0.39, 0.29) is 37.7 Å².